The number of halogens is 6. The summed E-state index contributed by atoms with van der Waals surface area (Å²) >= 11 is 0. The molecule has 1 rings (SSSR count). The molecule has 0 heterocycles. The normalized spacial score (nSPS) is 11.9. The lowest BCUT2D eigenvalue weighted by Crippen LogP contribution is -2.38. The summed E-state index contributed by atoms with van der Waals surface area (Å²) in [7, 11) is 0. The number of nitrogens with one attached hydrogen (secondary N) is 2. The molecule has 0 atom stereocenters. The van der Waals surface area contributed by atoms with Crippen molar-refractivity contribution in [2.24, 2.45) is 0 Å². The van der Waals surface area contributed by atoms with Crippen LogP contribution in [0.4, 0.5) is 26.3 Å². The minimum absolute atomic E-state index is 0.0445. The maximum Gasteiger partial charge on any atom is 0.416 e. The molecule has 0 aromatic heterocycles. The van der Waals surface area contributed by atoms with Gasteiger partial charge in [-0.15, -0.1) is 12.3 Å². The molecule has 23 heavy (non-hydrogen) atoms. The highest BCUT2D eigenvalue weighted by molar-refractivity contribution is 5.94. The molecule has 1 amide bonds. The maximum absolute atomic E-state index is 12.7. The van der Waals surface area contributed by atoms with Crippen molar-refractivity contribution in [3.05, 3.63) is 34.9 Å². The first-order valence-corrected chi connectivity index (χ1v) is 6.32. The third kappa shape index (κ3) is 5.83. The Morgan fingerprint density at radius 3 is 2.00 bits per heavy atom. The van der Waals surface area contributed by atoms with Gasteiger partial charge in [0.15, 0.2) is 0 Å². The topological polar surface area (TPSA) is 41.1 Å². The zero-order valence-corrected chi connectivity index (χ0v) is 11.6. The predicted molar refractivity (Wildman–Crippen MR) is 70.0 cm³/mol. The van der Waals surface area contributed by atoms with E-state index in [9.17, 15) is 31.1 Å². The molecule has 0 aliphatic heterocycles. The fraction of sp³-hybridized carbons (Fsp3) is 0.357. The van der Waals surface area contributed by atoms with Crippen LogP contribution in [0.3, 0.4) is 0 Å². The monoisotopic (exact) mass is 338 g/mol. The zero-order chi connectivity index (χ0) is 17.7. The van der Waals surface area contributed by atoms with Crippen molar-refractivity contribution in [3.8, 4) is 12.3 Å². The van der Waals surface area contributed by atoms with Crippen LogP contribution in [-0.4, -0.2) is 12.5 Å². The average Bonchev–Trinajstić information content (AvgIpc) is 2.44. The highest BCUT2D eigenvalue weighted by Gasteiger charge is 2.37. The van der Waals surface area contributed by atoms with E-state index in [1.807, 2.05) is 5.43 Å². The fourth-order valence-electron chi connectivity index (χ4n) is 1.58. The molecule has 0 radical (unpaired) electrons. The van der Waals surface area contributed by atoms with Crippen molar-refractivity contribution in [2.45, 2.75) is 25.2 Å². The summed E-state index contributed by atoms with van der Waals surface area (Å²) in [5.41, 5.74) is 0.545. The summed E-state index contributed by atoms with van der Waals surface area (Å²) in [6.07, 6.45) is -4.12. The summed E-state index contributed by atoms with van der Waals surface area (Å²) in [4.78, 5) is 11.7. The summed E-state index contributed by atoms with van der Waals surface area (Å²) in [6, 6.07) is 0.665. The van der Waals surface area contributed by atoms with E-state index in [2.05, 4.69) is 11.3 Å². The Kier molecular flexibility index (Phi) is 6.04. The van der Waals surface area contributed by atoms with Gasteiger partial charge < -0.3 is 0 Å². The lowest BCUT2D eigenvalue weighted by molar-refractivity contribution is -0.143. The van der Waals surface area contributed by atoms with Crippen LogP contribution in [0.25, 0.3) is 0 Å². The van der Waals surface area contributed by atoms with E-state index in [4.69, 9.17) is 6.42 Å². The minimum atomic E-state index is -5.00. The van der Waals surface area contributed by atoms with Crippen molar-refractivity contribution in [2.75, 3.05) is 6.54 Å². The van der Waals surface area contributed by atoms with Gasteiger partial charge in [0.1, 0.15) is 0 Å². The number of carbonyl (C=O) groups is 1. The molecule has 9 heteroatoms. The zero-order valence-electron chi connectivity index (χ0n) is 11.6. The molecule has 1 aromatic carbocycles. The second-order valence-corrected chi connectivity index (χ2v) is 4.48. The number of hydrazine groups is 1. The Hall–Kier alpha value is -2.21. The average molecular weight is 338 g/mol. The molecular weight excluding hydrogens is 326 g/mol. The predicted octanol–water partition coefficient (Wildman–Crippen LogP) is 3.37. The number of hydrogen-bond acceptors (Lipinski definition) is 2. The van der Waals surface area contributed by atoms with Gasteiger partial charge in [0.05, 0.1) is 11.1 Å². The lowest BCUT2D eigenvalue weighted by Gasteiger charge is -2.14. The van der Waals surface area contributed by atoms with Crippen LogP contribution in [0.5, 0.6) is 0 Å². The molecule has 0 bridgehead atoms. The number of alkyl halides is 6. The summed E-state index contributed by atoms with van der Waals surface area (Å²) in [5, 5.41) is 0. The molecule has 2 N–H and O–H groups in total. The third-order valence-corrected chi connectivity index (χ3v) is 2.67. The number of hydrogen-bond donors (Lipinski definition) is 2. The Balaban J connectivity index is 2.97. The smallest absolute Gasteiger partial charge is 0.287 e. The third-order valence-electron chi connectivity index (χ3n) is 2.67. The first-order valence-electron chi connectivity index (χ1n) is 6.32. The minimum Gasteiger partial charge on any atom is -0.287 e. The molecule has 0 aliphatic carbocycles. The maximum atomic E-state index is 12.7. The van der Waals surface area contributed by atoms with Gasteiger partial charge in [0.2, 0.25) is 0 Å². The quantitative estimate of drug-likeness (QED) is 0.374. The number of terminal acetylenes is 1. The number of benzene rings is 1. The second-order valence-electron chi connectivity index (χ2n) is 4.48. The fourth-order valence-corrected chi connectivity index (χ4v) is 1.58. The van der Waals surface area contributed by atoms with E-state index in [1.165, 1.54) is 0 Å². The Morgan fingerprint density at radius 2 is 1.57 bits per heavy atom. The van der Waals surface area contributed by atoms with Crippen LogP contribution in [0.2, 0.25) is 0 Å². The largest absolute Gasteiger partial charge is 0.416 e. The SMILES string of the molecule is C#CCCCNNC(=O)c1cc(C(F)(F)F)cc(C(F)(F)F)c1. The summed E-state index contributed by atoms with van der Waals surface area (Å²) < 4.78 is 75.9. The van der Waals surface area contributed by atoms with E-state index < -0.39 is 35.0 Å². The molecule has 0 aliphatic rings. The molecule has 0 fully saturated rings. The van der Waals surface area contributed by atoms with Crippen molar-refractivity contribution in [1.29, 1.82) is 0 Å². The Morgan fingerprint density at radius 1 is 1.04 bits per heavy atom. The number of rotatable bonds is 5. The van der Waals surface area contributed by atoms with Gasteiger partial charge in [0, 0.05) is 18.5 Å². The number of amides is 1. The van der Waals surface area contributed by atoms with Crippen LogP contribution < -0.4 is 10.9 Å². The van der Waals surface area contributed by atoms with Crippen LogP contribution >= 0.6 is 0 Å². The molecule has 0 unspecified atom stereocenters. The highest BCUT2D eigenvalue weighted by atomic mass is 19.4. The summed E-state index contributed by atoms with van der Waals surface area (Å²) in [5.74, 6) is 1.22. The Bertz CT molecular complexity index is 569. The standard InChI is InChI=1S/C14H12F6N2O/c1-2-3-4-5-21-22-12(23)9-6-10(13(15,16)17)8-11(7-9)14(18,19)20/h1,6-8,21H,3-5H2,(H,22,23). The van der Waals surface area contributed by atoms with Crippen LogP contribution in [0, 0.1) is 12.3 Å². The molecule has 1 aromatic rings. The molecule has 0 saturated heterocycles. The van der Waals surface area contributed by atoms with Gasteiger partial charge >= 0.3 is 12.4 Å². The Labute approximate surface area is 128 Å². The van der Waals surface area contributed by atoms with E-state index in [-0.39, 0.29) is 12.6 Å². The molecule has 3 nitrogen and oxygen atoms in total. The van der Waals surface area contributed by atoms with Crippen LogP contribution in [0.1, 0.15) is 34.3 Å². The molecule has 0 spiro atoms. The van der Waals surface area contributed by atoms with Crippen molar-refractivity contribution in [1.82, 2.24) is 10.9 Å². The van der Waals surface area contributed by atoms with Gasteiger partial charge in [0.25, 0.3) is 5.91 Å². The molecule has 126 valence electrons. The van der Waals surface area contributed by atoms with E-state index >= 15 is 0 Å². The second kappa shape index (κ2) is 7.37. The lowest BCUT2D eigenvalue weighted by atomic mass is 10.0. The highest BCUT2D eigenvalue weighted by Crippen LogP contribution is 2.36. The first kappa shape index (κ1) is 18.8. The van der Waals surface area contributed by atoms with Gasteiger partial charge in [-0.1, -0.05) is 0 Å². The van der Waals surface area contributed by atoms with Crippen molar-refractivity contribution in [3.63, 3.8) is 0 Å². The van der Waals surface area contributed by atoms with Gasteiger partial charge in [-0.3, -0.25) is 10.2 Å². The molecule has 0 saturated carbocycles. The van der Waals surface area contributed by atoms with Gasteiger partial charge in [-0.2, -0.15) is 26.3 Å². The number of carbonyl (C=O) groups excluding carboxylic acids is 1. The van der Waals surface area contributed by atoms with E-state index in [1.54, 1.807) is 0 Å². The summed E-state index contributed by atoms with van der Waals surface area (Å²) in [6.45, 7) is 0.223. The van der Waals surface area contributed by atoms with Crippen molar-refractivity contribution < 1.29 is 31.1 Å². The van der Waals surface area contributed by atoms with Crippen LogP contribution in [0.15, 0.2) is 18.2 Å². The molecular formula is C14H12F6N2O. The van der Waals surface area contributed by atoms with Gasteiger partial charge in [-0.05, 0) is 24.6 Å². The number of unbranched alkanes of at least 4 members (excludes halogenated alkanes) is 1. The van der Waals surface area contributed by atoms with E-state index in [0.29, 0.717) is 25.0 Å². The van der Waals surface area contributed by atoms with E-state index in [0.717, 1.165) is 0 Å². The van der Waals surface area contributed by atoms with Crippen molar-refractivity contribution >= 4 is 5.91 Å². The van der Waals surface area contributed by atoms with Gasteiger partial charge in [-0.25, -0.2) is 5.43 Å². The first-order chi connectivity index (χ1) is 10.6. The van der Waals surface area contributed by atoms with Crippen LogP contribution in [-0.2, 0) is 12.4 Å².